The number of alkyl halides is 6. The van der Waals surface area contributed by atoms with Crippen LogP contribution >= 0.6 is 69.6 Å². The lowest BCUT2D eigenvalue weighted by molar-refractivity contribution is -0.112. The molecule has 0 saturated heterocycles. The summed E-state index contributed by atoms with van der Waals surface area (Å²) >= 11 is 39.2. The Morgan fingerprint density at radius 1 is 0.913 bits per heavy atom. The third-order valence-corrected chi connectivity index (χ3v) is 10.2. The molecule has 0 bridgehead atoms. The van der Waals surface area contributed by atoms with Crippen LogP contribution in [0.4, 0.5) is 0 Å². The van der Waals surface area contributed by atoms with Gasteiger partial charge in [-0.1, -0.05) is 71.7 Å². The smallest absolute Gasteiger partial charge is 0.144 e. The van der Waals surface area contributed by atoms with E-state index in [0.29, 0.717) is 6.42 Å². The molecule has 7 unspecified atom stereocenters. The van der Waals surface area contributed by atoms with Crippen molar-refractivity contribution in [3.05, 3.63) is 25.3 Å². The summed E-state index contributed by atoms with van der Waals surface area (Å²) < 4.78 is -2.31. The van der Waals surface area contributed by atoms with E-state index in [1.165, 1.54) is 0 Å². The lowest BCUT2D eigenvalue weighted by atomic mass is 9.85. The number of carbonyl (C=O) groups is 1. The predicted octanol–water partition coefficient (Wildman–Crippen LogP) is 5.76. The molecule has 23 heavy (non-hydrogen) atoms. The van der Waals surface area contributed by atoms with E-state index in [1.807, 2.05) is 0 Å². The molecule has 128 valence electrons. The van der Waals surface area contributed by atoms with Crippen molar-refractivity contribution in [1.29, 1.82) is 0 Å². The average molecular weight is 437 g/mol. The zero-order valence-electron chi connectivity index (χ0n) is 12.1. The first-order valence-electron chi connectivity index (χ1n) is 7.38. The fourth-order valence-electron chi connectivity index (χ4n) is 5.22. The second kappa shape index (κ2) is 5.44. The van der Waals surface area contributed by atoms with Crippen LogP contribution in [0, 0.1) is 29.6 Å². The molecule has 4 fully saturated rings. The van der Waals surface area contributed by atoms with E-state index < -0.39 is 18.4 Å². The van der Waals surface area contributed by atoms with Gasteiger partial charge in [-0.3, -0.25) is 0 Å². The van der Waals surface area contributed by atoms with Crippen molar-refractivity contribution in [3.63, 3.8) is 0 Å². The molecule has 7 heteroatoms. The van der Waals surface area contributed by atoms with Gasteiger partial charge in [-0.05, 0) is 30.6 Å². The van der Waals surface area contributed by atoms with E-state index in [-0.39, 0.29) is 29.6 Å². The Morgan fingerprint density at radius 2 is 1.48 bits per heavy atom. The summed E-state index contributed by atoms with van der Waals surface area (Å²) in [5.41, 5.74) is 0. The quantitative estimate of drug-likeness (QED) is 0.305. The Bertz CT molecular complexity index is 569. The second-order valence-corrected chi connectivity index (χ2v) is 10.9. The Morgan fingerprint density at radius 3 is 1.96 bits per heavy atom. The third kappa shape index (κ3) is 1.93. The largest absolute Gasteiger partial charge is 0.303 e. The minimum absolute atomic E-state index is 0.0208. The Kier molecular flexibility index (Phi) is 4.42. The Hall–Kier alpha value is 0.890. The summed E-state index contributed by atoms with van der Waals surface area (Å²) in [7, 11) is 0. The van der Waals surface area contributed by atoms with Gasteiger partial charge >= 0.3 is 0 Å². The molecule has 4 rings (SSSR count). The van der Waals surface area contributed by atoms with E-state index in [0.717, 1.165) is 12.7 Å². The first-order valence-corrected chi connectivity index (χ1v) is 9.65. The summed E-state index contributed by atoms with van der Waals surface area (Å²) in [6.07, 6.45) is 5.46. The second-order valence-electron chi connectivity index (χ2n) is 6.79. The first-order chi connectivity index (χ1) is 10.6. The number of hydrogen-bond donors (Lipinski definition) is 0. The zero-order valence-corrected chi connectivity index (χ0v) is 16.7. The number of fused-ring (bicyclic) bond motifs is 3. The maximum Gasteiger partial charge on any atom is 0.144 e. The van der Waals surface area contributed by atoms with Gasteiger partial charge in [0.2, 0.25) is 0 Å². The standard InChI is InChI=1S/C12H10Cl6O.C4H6/c13-9(14)2-6-4(3-19)1-5-7(6)10(9,15)11(16)8(5)12(11,17)18;1-3-4-2/h3-8H,1-2H2;3-4H,1-2H2. The number of halogens is 6. The average Bonchev–Trinajstić information content (AvgIpc) is 2.76. The van der Waals surface area contributed by atoms with E-state index in [1.54, 1.807) is 12.2 Å². The molecule has 0 aromatic heterocycles. The van der Waals surface area contributed by atoms with E-state index >= 15 is 0 Å². The van der Waals surface area contributed by atoms with Gasteiger partial charge in [0.05, 0.1) is 0 Å². The molecular formula is C16H16Cl6O. The van der Waals surface area contributed by atoms with Gasteiger partial charge in [0.1, 0.15) is 24.7 Å². The van der Waals surface area contributed by atoms with Crippen LogP contribution in [0.15, 0.2) is 25.3 Å². The van der Waals surface area contributed by atoms with Crippen LogP contribution in [-0.4, -0.2) is 24.7 Å². The summed E-state index contributed by atoms with van der Waals surface area (Å²) in [4.78, 5) is 9.22. The van der Waals surface area contributed by atoms with Crippen LogP contribution in [-0.2, 0) is 4.79 Å². The zero-order chi connectivity index (χ0) is 17.4. The predicted molar refractivity (Wildman–Crippen MR) is 99.2 cm³/mol. The molecule has 7 atom stereocenters. The van der Waals surface area contributed by atoms with Crippen molar-refractivity contribution in [2.24, 2.45) is 29.6 Å². The van der Waals surface area contributed by atoms with Crippen molar-refractivity contribution in [2.75, 3.05) is 0 Å². The molecule has 0 aromatic rings. The Balaban J connectivity index is 0.000000354. The van der Waals surface area contributed by atoms with Gasteiger partial charge in [-0.15, -0.1) is 23.2 Å². The summed E-state index contributed by atoms with van der Waals surface area (Å²) in [6.45, 7) is 6.72. The van der Waals surface area contributed by atoms with Crippen molar-refractivity contribution < 1.29 is 4.79 Å². The Labute approximate surface area is 166 Å². The van der Waals surface area contributed by atoms with Gasteiger partial charge in [0, 0.05) is 11.8 Å². The highest BCUT2D eigenvalue weighted by Gasteiger charge is 2.97. The molecule has 0 aliphatic heterocycles. The van der Waals surface area contributed by atoms with Crippen molar-refractivity contribution in [1.82, 2.24) is 0 Å². The molecular weight excluding hydrogens is 421 g/mol. The maximum atomic E-state index is 11.3. The number of allylic oxidation sites excluding steroid dienone is 2. The van der Waals surface area contributed by atoms with Gasteiger partial charge < -0.3 is 4.79 Å². The van der Waals surface area contributed by atoms with Gasteiger partial charge in [0.15, 0.2) is 0 Å². The van der Waals surface area contributed by atoms with Gasteiger partial charge in [-0.2, -0.15) is 0 Å². The lowest BCUT2D eigenvalue weighted by Crippen LogP contribution is -2.51. The summed E-state index contributed by atoms with van der Waals surface area (Å²) in [5, 5.41) is 0. The summed E-state index contributed by atoms with van der Waals surface area (Å²) in [5.74, 6) is 0.0233. The topological polar surface area (TPSA) is 17.1 Å². The molecule has 0 amide bonds. The van der Waals surface area contributed by atoms with Crippen molar-refractivity contribution >= 4 is 75.9 Å². The fraction of sp³-hybridized carbons (Fsp3) is 0.688. The number of hydrogen-bond acceptors (Lipinski definition) is 1. The minimum Gasteiger partial charge on any atom is -0.303 e. The van der Waals surface area contributed by atoms with Crippen LogP contribution in [0.3, 0.4) is 0 Å². The van der Waals surface area contributed by atoms with Crippen LogP contribution in [0.5, 0.6) is 0 Å². The molecule has 0 spiro atoms. The third-order valence-electron chi connectivity index (χ3n) is 6.02. The molecule has 0 aromatic carbocycles. The summed E-state index contributed by atoms with van der Waals surface area (Å²) in [6, 6.07) is 0. The highest BCUT2D eigenvalue weighted by molar-refractivity contribution is 6.63. The molecule has 4 aliphatic carbocycles. The van der Waals surface area contributed by atoms with Gasteiger partial charge in [0.25, 0.3) is 0 Å². The maximum absolute atomic E-state index is 11.3. The van der Waals surface area contributed by atoms with Crippen LogP contribution in [0.1, 0.15) is 12.8 Å². The number of aldehydes is 1. The fourth-order valence-corrected chi connectivity index (χ4v) is 8.85. The van der Waals surface area contributed by atoms with E-state index in [4.69, 9.17) is 69.6 Å². The first kappa shape index (κ1) is 18.7. The van der Waals surface area contributed by atoms with Gasteiger partial charge in [-0.25, -0.2) is 0 Å². The molecule has 0 N–H and O–H groups in total. The minimum atomic E-state index is -1.20. The molecule has 4 saturated carbocycles. The molecule has 1 nitrogen and oxygen atoms in total. The van der Waals surface area contributed by atoms with Crippen LogP contribution in [0.25, 0.3) is 0 Å². The molecule has 4 aliphatic rings. The van der Waals surface area contributed by atoms with E-state index in [9.17, 15) is 4.79 Å². The molecule has 0 radical (unpaired) electrons. The molecule has 0 heterocycles. The van der Waals surface area contributed by atoms with Crippen molar-refractivity contribution in [2.45, 2.75) is 31.3 Å². The monoisotopic (exact) mass is 434 g/mol. The van der Waals surface area contributed by atoms with E-state index in [2.05, 4.69) is 13.2 Å². The highest BCUT2D eigenvalue weighted by atomic mass is 35.5. The SMILES string of the molecule is C=CC=C.O=CC1CC2C3C1CC(Cl)(Cl)C3(Cl)C1(Cl)C2C1(Cl)Cl. The number of carbonyl (C=O) groups excluding carboxylic acids is 1. The lowest BCUT2D eigenvalue weighted by Gasteiger charge is -2.39. The number of rotatable bonds is 2. The van der Waals surface area contributed by atoms with Crippen LogP contribution < -0.4 is 0 Å². The normalized spacial score (nSPS) is 52.7. The van der Waals surface area contributed by atoms with Crippen LogP contribution in [0.2, 0.25) is 0 Å². The highest BCUT2D eigenvalue weighted by Crippen LogP contribution is 2.89. The van der Waals surface area contributed by atoms with Crippen molar-refractivity contribution in [3.8, 4) is 0 Å².